The third-order valence-electron chi connectivity index (χ3n) is 3.94. The van der Waals surface area contributed by atoms with Gasteiger partial charge >= 0.3 is 0 Å². The molecule has 6 heteroatoms. The second kappa shape index (κ2) is 8.15. The van der Waals surface area contributed by atoms with E-state index in [1.807, 2.05) is 31.2 Å². The molecule has 0 aliphatic rings. The summed E-state index contributed by atoms with van der Waals surface area (Å²) in [5.74, 6) is 1.68. The smallest absolute Gasteiger partial charge is 0.141 e. The SMILES string of the molecule is CCN(Cc1ccccc1)c1cc(Nc2ccc(F)c(Cl)c2)nc(C)n1. The van der Waals surface area contributed by atoms with Crippen LogP contribution < -0.4 is 10.2 Å². The molecular weight excluding hydrogens is 351 g/mol. The van der Waals surface area contributed by atoms with Crippen LogP contribution in [-0.4, -0.2) is 16.5 Å². The van der Waals surface area contributed by atoms with Gasteiger partial charge in [-0.3, -0.25) is 0 Å². The molecule has 0 radical (unpaired) electrons. The summed E-state index contributed by atoms with van der Waals surface area (Å²) in [7, 11) is 0. The molecule has 1 aromatic heterocycles. The van der Waals surface area contributed by atoms with Crippen LogP contribution in [0.1, 0.15) is 18.3 Å². The summed E-state index contributed by atoms with van der Waals surface area (Å²) in [6.07, 6.45) is 0. The molecule has 0 aliphatic carbocycles. The number of rotatable bonds is 6. The highest BCUT2D eigenvalue weighted by Gasteiger charge is 2.11. The van der Waals surface area contributed by atoms with E-state index in [0.29, 0.717) is 17.3 Å². The van der Waals surface area contributed by atoms with Crippen molar-refractivity contribution in [3.63, 3.8) is 0 Å². The fraction of sp³-hybridized carbons (Fsp3) is 0.200. The van der Waals surface area contributed by atoms with Crippen LogP contribution in [-0.2, 0) is 6.54 Å². The van der Waals surface area contributed by atoms with E-state index < -0.39 is 5.82 Å². The van der Waals surface area contributed by atoms with E-state index in [1.165, 1.54) is 17.7 Å². The predicted molar refractivity (Wildman–Crippen MR) is 105 cm³/mol. The number of hydrogen-bond acceptors (Lipinski definition) is 4. The lowest BCUT2D eigenvalue weighted by Crippen LogP contribution is -2.23. The molecule has 4 nitrogen and oxygen atoms in total. The van der Waals surface area contributed by atoms with Gasteiger partial charge in [0, 0.05) is 24.8 Å². The number of hydrogen-bond donors (Lipinski definition) is 1. The maximum Gasteiger partial charge on any atom is 0.141 e. The average molecular weight is 371 g/mol. The van der Waals surface area contributed by atoms with Gasteiger partial charge < -0.3 is 10.2 Å². The van der Waals surface area contributed by atoms with E-state index >= 15 is 0 Å². The zero-order chi connectivity index (χ0) is 18.5. The third-order valence-corrected chi connectivity index (χ3v) is 4.23. The van der Waals surface area contributed by atoms with Crippen molar-refractivity contribution in [2.24, 2.45) is 0 Å². The van der Waals surface area contributed by atoms with Crippen molar-refractivity contribution < 1.29 is 4.39 Å². The molecule has 134 valence electrons. The number of anilines is 3. The molecule has 3 aromatic rings. The minimum atomic E-state index is -0.447. The van der Waals surface area contributed by atoms with E-state index in [2.05, 4.69) is 39.2 Å². The van der Waals surface area contributed by atoms with Gasteiger partial charge in [0.2, 0.25) is 0 Å². The quantitative estimate of drug-likeness (QED) is 0.635. The first-order valence-electron chi connectivity index (χ1n) is 8.42. The largest absolute Gasteiger partial charge is 0.352 e. The first kappa shape index (κ1) is 18.1. The first-order chi connectivity index (χ1) is 12.5. The highest BCUT2D eigenvalue weighted by Crippen LogP contribution is 2.24. The third kappa shape index (κ3) is 4.49. The van der Waals surface area contributed by atoms with E-state index in [0.717, 1.165) is 18.9 Å². The molecule has 0 bridgehead atoms. The van der Waals surface area contributed by atoms with Crippen molar-refractivity contribution >= 4 is 28.9 Å². The Morgan fingerprint density at radius 3 is 2.54 bits per heavy atom. The van der Waals surface area contributed by atoms with Gasteiger partial charge in [-0.05, 0) is 37.6 Å². The van der Waals surface area contributed by atoms with Crippen molar-refractivity contribution in [1.29, 1.82) is 0 Å². The number of aromatic nitrogens is 2. The van der Waals surface area contributed by atoms with Gasteiger partial charge in [-0.2, -0.15) is 0 Å². The molecule has 0 unspecified atom stereocenters. The number of benzene rings is 2. The van der Waals surface area contributed by atoms with Crippen LogP contribution in [0.2, 0.25) is 5.02 Å². The van der Waals surface area contributed by atoms with Gasteiger partial charge in [-0.25, -0.2) is 14.4 Å². The van der Waals surface area contributed by atoms with E-state index in [-0.39, 0.29) is 5.02 Å². The Morgan fingerprint density at radius 1 is 1.08 bits per heavy atom. The van der Waals surface area contributed by atoms with Crippen LogP contribution >= 0.6 is 11.6 Å². The Balaban J connectivity index is 1.84. The minimum absolute atomic E-state index is 0.0697. The van der Waals surface area contributed by atoms with E-state index in [1.54, 1.807) is 6.07 Å². The van der Waals surface area contributed by atoms with Gasteiger partial charge in [0.25, 0.3) is 0 Å². The molecule has 0 amide bonds. The molecule has 0 saturated heterocycles. The predicted octanol–water partition coefficient (Wildman–Crippen LogP) is 5.35. The van der Waals surface area contributed by atoms with Crippen molar-refractivity contribution in [3.8, 4) is 0 Å². The Labute approximate surface area is 157 Å². The Morgan fingerprint density at radius 2 is 1.85 bits per heavy atom. The fourth-order valence-corrected chi connectivity index (χ4v) is 2.84. The monoisotopic (exact) mass is 370 g/mol. The molecule has 0 atom stereocenters. The molecule has 1 N–H and O–H groups in total. The van der Waals surface area contributed by atoms with Crippen LogP contribution in [0, 0.1) is 12.7 Å². The van der Waals surface area contributed by atoms with Gasteiger partial charge in [0.05, 0.1) is 5.02 Å². The van der Waals surface area contributed by atoms with Crippen molar-refractivity contribution in [1.82, 2.24) is 9.97 Å². The van der Waals surface area contributed by atoms with Crippen molar-refractivity contribution in [3.05, 3.63) is 76.8 Å². The molecular formula is C20H20ClFN4. The average Bonchev–Trinajstić information content (AvgIpc) is 2.63. The van der Waals surface area contributed by atoms with Gasteiger partial charge in [0.1, 0.15) is 23.3 Å². The molecule has 0 fully saturated rings. The lowest BCUT2D eigenvalue weighted by atomic mass is 10.2. The number of aryl methyl sites for hydroxylation is 1. The minimum Gasteiger partial charge on any atom is -0.352 e. The van der Waals surface area contributed by atoms with E-state index in [9.17, 15) is 4.39 Å². The molecule has 0 aliphatic heterocycles. The zero-order valence-electron chi connectivity index (χ0n) is 14.7. The van der Waals surface area contributed by atoms with Gasteiger partial charge in [0.15, 0.2) is 0 Å². The number of halogens is 2. The summed E-state index contributed by atoms with van der Waals surface area (Å²) in [5.41, 5.74) is 1.89. The summed E-state index contributed by atoms with van der Waals surface area (Å²) in [4.78, 5) is 11.2. The van der Waals surface area contributed by atoms with Crippen LogP contribution in [0.5, 0.6) is 0 Å². The van der Waals surface area contributed by atoms with Crippen LogP contribution in [0.15, 0.2) is 54.6 Å². The molecule has 2 aromatic carbocycles. The maximum atomic E-state index is 13.3. The second-order valence-electron chi connectivity index (χ2n) is 5.91. The van der Waals surface area contributed by atoms with Crippen LogP contribution in [0.25, 0.3) is 0 Å². The number of nitrogens with one attached hydrogen (secondary N) is 1. The van der Waals surface area contributed by atoms with Crippen molar-refractivity contribution in [2.75, 3.05) is 16.8 Å². The van der Waals surface area contributed by atoms with Crippen molar-refractivity contribution in [2.45, 2.75) is 20.4 Å². The molecule has 3 rings (SSSR count). The lowest BCUT2D eigenvalue weighted by molar-refractivity contribution is 0.628. The standard InChI is InChI=1S/C20H20ClFN4/c1-3-26(13-15-7-5-4-6-8-15)20-12-19(23-14(2)24-20)25-16-9-10-18(22)17(21)11-16/h4-12H,3,13H2,1-2H3,(H,23,24,25). The summed E-state index contributed by atoms with van der Waals surface area (Å²) in [6, 6.07) is 16.6. The highest BCUT2D eigenvalue weighted by atomic mass is 35.5. The van der Waals surface area contributed by atoms with Crippen LogP contribution in [0.3, 0.4) is 0 Å². The molecule has 0 saturated carbocycles. The van der Waals surface area contributed by atoms with Gasteiger partial charge in [-0.15, -0.1) is 0 Å². The summed E-state index contributed by atoms with van der Waals surface area (Å²) >= 11 is 5.85. The maximum absolute atomic E-state index is 13.3. The first-order valence-corrected chi connectivity index (χ1v) is 8.79. The Hall–Kier alpha value is -2.66. The zero-order valence-corrected chi connectivity index (χ0v) is 15.5. The Kier molecular flexibility index (Phi) is 5.68. The van der Waals surface area contributed by atoms with Crippen LogP contribution in [0.4, 0.5) is 21.7 Å². The summed E-state index contributed by atoms with van der Waals surface area (Å²) in [5, 5.41) is 3.24. The molecule has 1 heterocycles. The molecule has 26 heavy (non-hydrogen) atoms. The molecule has 0 spiro atoms. The Bertz CT molecular complexity index is 886. The van der Waals surface area contributed by atoms with Gasteiger partial charge in [-0.1, -0.05) is 41.9 Å². The van der Waals surface area contributed by atoms with E-state index in [4.69, 9.17) is 11.6 Å². The normalized spacial score (nSPS) is 10.6. The fourth-order valence-electron chi connectivity index (χ4n) is 2.66. The summed E-state index contributed by atoms with van der Waals surface area (Å²) in [6.45, 7) is 5.51. The summed E-state index contributed by atoms with van der Waals surface area (Å²) < 4.78 is 13.3. The number of nitrogens with zero attached hydrogens (tertiary/aromatic N) is 3. The topological polar surface area (TPSA) is 41.0 Å². The second-order valence-corrected chi connectivity index (χ2v) is 6.32. The lowest BCUT2D eigenvalue weighted by Gasteiger charge is -2.23. The highest BCUT2D eigenvalue weighted by molar-refractivity contribution is 6.31.